The van der Waals surface area contributed by atoms with Gasteiger partial charge in [0.2, 0.25) is 0 Å². The molecule has 7 heteroatoms. The lowest BCUT2D eigenvalue weighted by Gasteiger charge is -2.11. The SMILES string of the molecule is CCOc1ccc(C(=O)Oc2ccc3ccccc3c2/C=N\NC(=O)c2ccc(Br)cc2)cc1. The Labute approximate surface area is 205 Å². The van der Waals surface area contributed by atoms with Gasteiger partial charge in [-0.25, -0.2) is 10.2 Å². The predicted molar refractivity (Wildman–Crippen MR) is 136 cm³/mol. The second kappa shape index (κ2) is 10.8. The molecular formula is C27H21BrN2O4. The van der Waals surface area contributed by atoms with Crippen molar-refractivity contribution >= 4 is 44.8 Å². The number of esters is 1. The normalized spacial score (nSPS) is 10.9. The van der Waals surface area contributed by atoms with Crippen LogP contribution in [0.2, 0.25) is 0 Å². The zero-order valence-electron chi connectivity index (χ0n) is 18.3. The van der Waals surface area contributed by atoms with Gasteiger partial charge in [0.15, 0.2) is 0 Å². The fourth-order valence-electron chi connectivity index (χ4n) is 3.33. The number of benzene rings is 4. The van der Waals surface area contributed by atoms with E-state index in [9.17, 15) is 9.59 Å². The van der Waals surface area contributed by atoms with Gasteiger partial charge in [-0.3, -0.25) is 4.79 Å². The number of nitrogens with one attached hydrogen (secondary N) is 1. The minimum absolute atomic E-state index is 0.333. The highest BCUT2D eigenvalue weighted by atomic mass is 79.9. The molecule has 0 aliphatic rings. The molecule has 4 aromatic rings. The summed E-state index contributed by atoms with van der Waals surface area (Å²) in [7, 11) is 0. The maximum Gasteiger partial charge on any atom is 0.343 e. The minimum atomic E-state index is -0.508. The molecule has 1 amide bonds. The molecule has 0 aromatic heterocycles. The van der Waals surface area contributed by atoms with Crippen LogP contribution in [0.5, 0.6) is 11.5 Å². The number of nitrogens with zero attached hydrogens (tertiary/aromatic N) is 1. The van der Waals surface area contributed by atoms with Gasteiger partial charge < -0.3 is 9.47 Å². The van der Waals surface area contributed by atoms with E-state index >= 15 is 0 Å². The van der Waals surface area contributed by atoms with Crippen molar-refractivity contribution < 1.29 is 19.1 Å². The van der Waals surface area contributed by atoms with Gasteiger partial charge >= 0.3 is 5.97 Å². The van der Waals surface area contributed by atoms with Crippen LogP contribution in [0.1, 0.15) is 33.2 Å². The van der Waals surface area contributed by atoms with Crippen molar-refractivity contribution in [3.8, 4) is 11.5 Å². The first-order chi connectivity index (χ1) is 16.5. The summed E-state index contributed by atoms with van der Waals surface area (Å²) in [4.78, 5) is 25.2. The van der Waals surface area contributed by atoms with Gasteiger partial charge in [0.1, 0.15) is 11.5 Å². The third-order valence-electron chi connectivity index (χ3n) is 5.00. The predicted octanol–water partition coefficient (Wildman–Crippen LogP) is 5.98. The minimum Gasteiger partial charge on any atom is -0.494 e. The lowest BCUT2D eigenvalue weighted by molar-refractivity contribution is 0.0734. The van der Waals surface area contributed by atoms with Crippen LogP contribution in [0.3, 0.4) is 0 Å². The topological polar surface area (TPSA) is 77.0 Å². The molecule has 0 aliphatic heterocycles. The molecule has 0 spiro atoms. The molecular weight excluding hydrogens is 496 g/mol. The summed E-state index contributed by atoms with van der Waals surface area (Å²) in [6.07, 6.45) is 1.49. The zero-order valence-corrected chi connectivity index (χ0v) is 19.9. The highest BCUT2D eigenvalue weighted by Crippen LogP contribution is 2.27. The molecule has 6 nitrogen and oxygen atoms in total. The Morgan fingerprint density at radius 1 is 0.912 bits per heavy atom. The lowest BCUT2D eigenvalue weighted by Crippen LogP contribution is -2.17. The van der Waals surface area contributed by atoms with Crippen molar-refractivity contribution in [2.24, 2.45) is 5.10 Å². The standard InChI is InChI=1S/C27H21BrN2O4/c1-2-33-22-14-9-20(10-15-22)27(32)34-25-16-11-18-5-3-4-6-23(18)24(25)17-29-30-26(31)19-7-12-21(28)13-8-19/h3-17H,2H2,1H3,(H,30,31)/b29-17-. The Bertz CT molecular complexity index is 1350. The molecule has 4 rings (SSSR count). The average Bonchev–Trinajstić information content (AvgIpc) is 2.86. The van der Waals surface area contributed by atoms with E-state index < -0.39 is 5.97 Å². The maximum absolute atomic E-state index is 12.8. The fraction of sp³-hybridized carbons (Fsp3) is 0.0741. The van der Waals surface area contributed by atoms with E-state index in [-0.39, 0.29) is 5.91 Å². The van der Waals surface area contributed by atoms with E-state index in [1.807, 2.05) is 37.3 Å². The number of rotatable bonds is 7. The van der Waals surface area contributed by atoms with E-state index in [0.29, 0.717) is 34.8 Å². The third kappa shape index (κ3) is 5.50. The van der Waals surface area contributed by atoms with Crippen molar-refractivity contribution in [1.82, 2.24) is 5.43 Å². The van der Waals surface area contributed by atoms with Gasteiger partial charge in [0, 0.05) is 15.6 Å². The smallest absolute Gasteiger partial charge is 0.343 e. The highest BCUT2D eigenvalue weighted by Gasteiger charge is 2.14. The largest absolute Gasteiger partial charge is 0.494 e. The van der Waals surface area contributed by atoms with Crippen LogP contribution in [0.25, 0.3) is 10.8 Å². The molecule has 0 aliphatic carbocycles. The fourth-order valence-corrected chi connectivity index (χ4v) is 3.60. The molecule has 170 valence electrons. The number of carbonyl (C=O) groups excluding carboxylic acids is 2. The van der Waals surface area contributed by atoms with Gasteiger partial charge in [-0.1, -0.05) is 46.3 Å². The zero-order chi connectivity index (χ0) is 23.9. The summed E-state index contributed by atoms with van der Waals surface area (Å²) in [6, 6.07) is 24.9. The second-order valence-electron chi connectivity index (χ2n) is 7.25. The third-order valence-corrected chi connectivity index (χ3v) is 5.53. The van der Waals surface area contributed by atoms with E-state index in [0.717, 1.165) is 15.2 Å². The number of carbonyl (C=O) groups is 2. The Kier molecular flexibility index (Phi) is 7.34. The van der Waals surface area contributed by atoms with Crippen LogP contribution in [0.4, 0.5) is 0 Å². The van der Waals surface area contributed by atoms with E-state index in [1.54, 1.807) is 54.6 Å². The summed E-state index contributed by atoms with van der Waals surface area (Å²) >= 11 is 3.35. The van der Waals surface area contributed by atoms with Crippen LogP contribution >= 0.6 is 15.9 Å². The first-order valence-electron chi connectivity index (χ1n) is 10.6. The first-order valence-corrected chi connectivity index (χ1v) is 11.4. The van der Waals surface area contributed by atoms with Crippen LogP contribution < -0.4 is 14.9 Å². The maximum atomic E-state index is 12.8. The molecule has 4 aromatic carbocycles. The van der Waals surface area contributed by atoms with E-state index in [1.165, 1.54) is 6.21 Å². The Morgan fingerprint density at radius 3 is 2.35 bits per heavy atom. The Hall–Kier alpha value is -3.97. The molecule has 0 radical (unpaired) electrons. The first kappa shape index (κ1) is 23.2. The van der Waals surface area contributed by atoms with Gasteiger partial charge in [0.25, 0.3) is 5.91 Å². The van der Waals surface area contributed by atoms with E-state index in [4.69, 9.17) is 9.47 Å². The van der Waals surface area contributed by atoms with Crippen LogP contribution in [0, 0.1) is 0 Å². The number of hydrogen-bond donors (Lipinski definition) is 1. The molecule has 0 heterocycles. The number of amides is 1. The van der Waals surface area contributed by atoms with Gasteiger partial charge in [-0.2, -0.15) is 5.10 Å². The van der Waals surface area contributed by atoms with Gasteiger partial charge in [-0.05, 0) is 72.3 Å². The molecule has 0 atom stereocenters. The number of halogens is 1. The molecule has 34 heavy (non-hydrogen) atoms. The summed E-state index contributed by atoms with van der Waals surface area (Å²) in [5.41, 5.74) is 3.96. The van der Waals surface area contributed by atoms with Crippen LogP contribution in [0.15, 0.2) is 94.5 Å². The number of hydrogen-bond acceptors (Lipinski definition) is 5. The quantitative estimate of drug-likeness (QED) is 0.142. The second-order valence-corrected chi connectivity index (χ2v) is 8.17. The molecule has 0 saturated heterocycles. The summed E-state index contributed by atoms with van der Waals surface area (Å²) in [5, 5.41) is 5.90. The van der Waals surface area contributed by atoms with Crippen molar-refractivity contribution in [3.63, 3.8) is 0 Å². The highest BCUT2D eigenvalue weighted by molar-refractivity contribution is 9.10. The van der Waals surface area contributed by atoms with Crippen molar-refractivity contribution in [2.75, 3.05) is 6.61 Å². The molecule has 0 bridgehead atoms. The van der Waals surface area contributed by atoms with Crippen molar-refractivity contribution in [3.05, 3.63) is 106 Å². The van der Waals surface area contributed by atoms with E-state index in [2.05, 4.69) is 26.5 Å². The van der Waals surface area contributed by atoms with Crippen molar-refractivity contribution in [2.45, 2.75) is 6.92 Å². The number of fused-ring (bicyclic) bond motifs is 1. The molecule has 0 fully saturated rings. The summed E-state index contributed by atoms with van der Waals surface area (Å²) in [6.45, 7) is 2.44. The number of hydrazone groups is 1. The lowest BCUT2D eigenvalue weighted by atomic mass is 10.0. The molecule has 1 N–H and O–H groups in total. The summed E-state index contributed by atoms with van der Waals surface area (Å²) < 4.78 is 12.0. The van der Waals surface area contributed by atoms with Crippen molar-refractivity contribution in [1.29, 1.82) is 0 Å². The van der Waals surface area contributed by atoms with Gasteiger partial charge in [-0.15, -0.1) is 0 Å². The number of ether oxygens (including phenoxy) is 2. The van der Waals surface area contributed by atoms with Crippen LogP contribution in [-0.2, 0) is 0 Å². The Morgan fingerprint density at radius 2 is 1.62 bits per heavy atom. The summed E-state index contributed by atoms with van der Waals surface area (Å²) in [5.74, 6) is 0.155. The molecule has 0 unspecified atom stereocenters. The molecule has 0 saturated carbocycles. The monoisotopic (exact) mass is 516 g/mol. The van der Waals surface area contributed by atoms with Gasteiger partial charge in [0.05, 0.1) is 18.4 Å². The van der Waals surface area contributed by atoms with Crippen LogP contribution in [-0.4, -0.2) is 24.7 Å². The Balaban J connectivity index is 1.58. The average molecular weight is 517 g/mol.